The van der Waals surface area contributed by atoms with E-state index in [1.807, 2.05) is 6.92 Å². The molecule has 1 saturated heterocycles. The molecule has 10 nitrogen and oxygen atoms in total. The number of halogens is 3. The Morgan fingerprint density at radius 1 is 1.10 bits per heavy atom. The first-order valence-corrected chi connectivity index (χ1v) is 14.7. The van der Waals surface area contributed by atoms with Gasteiger partial charge in [0.1, 0.15) is 5.56 Å². The van der Waals surface area contributed by atoms with Crippen molar-refractivity contribution in [2.24, 2.45) is 21.8 Å². The van der Waals surface area contributed by atoms with Crippen molar-refractivity contribution in [3.63, 3.8) is 0 Å². The van der Waals surface area contributed by atoms with E-state index in [1.165, 1.54) is 13.8 Å². The number of urea groups is 1. The van der Waals surface area contributed by atoms with Crippen molar-refractivity contribution in [2.75, 3.05) is 5.75 Å². The van der Waals surface area contributed by atoms with Gasteiger partial charge in [0.05, 0.1) is 23.9 Å². The Bertz CT molecular complexity index is 1220. The summed E-state index contributed by atoms with van der Waals surface area (Å²) in [5.41, 5.74) is 8.81. The minimum atomic E-state index is -4.19. The Labute approximate surface area is 226 Å². The Morgan fingerprint density at radius 3 is 2.28 bits per heavy atom. The molecule has 1 aromatic rings. The van der Waals surface area contributed by atoms with Gasteiger partial charge in [-0.1, -0.05) is 19.3 Å². The normalized spacial score (nSPS) is 21.7. The van der Waals surface area contributed by atoms with Crippen molar-refractivity contribution in [1.29, 1.82) is 0 Å². The number of rotatable bonds is 7. The van der Waals surface area contributed by atoms with Crippen molar-refractivity contribution < 1.29 is 36.3 Å². The summed E-state index contributed by atoms with van der Waals surface area (Å²) in [5, 5.41) is 10.3. The summed E-state index contributed by atoms with van der Waals surface area (Å²) in [6.45, 7) is 3.28. The highest BCUT2D eigenvalue weighted by Gasteiger charge is 2.43. The number of benzene rings is 1. The molecule has 1 aliphatic carbocycles. The summed E-state index contributed by atoms with van der Waals surface area (Å²) in [7, 11) is -4.19. The predicted molar refractivity (Wildman–Crippen MR) is 139 cm³/mol. The number of amidine groups is 1. The molecule has 218 valence electrons. The Hall–Kier alpha value is -2.87. The topological polar surface area (TPSA) is 159 Å². The average molecular weight is 576 g/mol. The molecule has 5 N–H and O–H groups in total. The van der Waals surface area contributed by atoms with Crippen molar-refractivity contribution in [3.05, 3.63) is 28.6 Å². The highest BCUT2D eigenvalue weighted by Crippen LogP contribution is 2.38. The number of hydrogen-bond acceptors (Lipinski definition) is 6. The monoisotopic (exact) mass is 575 g/mol. The number of hydrogen-bond donors (Lipinski definition) is 3. The standard InChI is InChI=1S/C25H36F3N5O5S/c1-4-39(37,38)31-23(30)18-21(28)19(26)16(20(27)22(18)34)12-32(24(35)14(3)29)25(36)33-13(2)10-11-17(33)15-8-6-5-7-9-15/h13-15,17,34H,4-12,29H2,1-3H3,(H2,30,31)/t13-,14+,17?/m1/s1. The van der Waals surface area contributed by atoms with Crippen LogP contribution in [0.1, 0.15) is 76.8 Å². The molecule has 1 aromatic carbocycles. The minimum absolute atomic E-state index is 0.171. The van der Waals surface area contributed by atoms with Gasteiger partial charge in [0, 0.05) is 12.1 Å². The minimum Gasteiger partial charge on any atom is -0.504 e. The van der Waals surface area contributed by atoms with Gasteiger partial charge in [-0.05, 0) is 52.4 Å². The second kappa shape index (κ2) is 12.1. The van der Waals surface area contributed by atoms with Crippen LogP contribution >= 0.6 is 0 Å². The zero-order chi connectivity index (χ0) is 29.2. The molecular formula is C25H36F3N5O5S. The van der Waals surface area contributed by atoms with Crippen LogP contribution in [-0.2, 0) is 21.4 Å². The summed E-state index contributed by atoms with van der Waals surface area (Å²) in [6, 6.07) is -2.47. The van der Waals surface area contributed by atoms with E-state index in [0.29, 0.717) is 17.7 Å². The SMILES string of the molecule is CCS(=O)(=O)N=C(N)c1c(O)c(F)c(CN(C(=O)[C@H](C)N)C(=O)N2C(C3CCCCC3)CC[C@H]2C)c(F)c1F. The number of nitrogens with zero attached hydrogens (tertiary/aromatic N) is 3. The lowest BCUT2D eigenvalue weighted by Gasteiger charge is -2.38. The Morgan fingerprint density at radius 2 is 1.72 bits per heavy atom. The molecule has 3 rings (SSSR count). The first-order chi connectivity index (χ1) is 18.2. The second-order valence-electron chi connectivity index (χ2n) is 10.3. The largest absolute Gasteiger partial charge is 0.504 e. The van der Waals surface area contributed by atoms with E-state index in [1.54, 1.807) is 4.90 Å². The van der Waals surface area contributed by atoms with Crippen LogP contribution < -0.4 is 11.5 Å². The molecule has 2 aliphatic rings. The maximum absolute atomic E-state index is 15.3. The first-order valence-electron chi connectivity index (χ1n) is 13.1. The van der Waals surface area contributed by atoms with Crippen molar-refractivity contribution >= 4 is 27.8 Å². The fourth-order valence-corrected chi connectivity index (χ4v) is 5.96. The Kier molecular flexibility index (Phi) is 9.52. The molecule has 0 radical (unpaired) electrons. The number of aromatic hydroxyl groups is 1. The van der Waals surface area contributed by atoms with Gasteiger partial charge in [0.2, 0.25) is 5.91 Å². The van der Waals surface area contributed by atoms with E-state index in [2.05, 4.69) is 4.40 Å². The van der Waals surface area contributed by atoms with Gasteiger partial charge in [-0.25, -0.2) is 26.4 Å². The second-order valence-corrected chi connectivity index (χ2v) is 12.2. The Balaban J connectivity index is 2.05. The third-order valence-corrected chi connectivity index (χ3v) is 8.78. The van der Waals surface area contributed by atoms with Crippen LogP contribution in [0.2, 0.25) is 0 Å². The number of sulfonamides is 1. The number of phenols is 1. The van der Waals surface area contributed by atoms with E-state index in [4.69, 9.17) is 11.5 Å². The molecule has 3 amide bonds. The molecule has 1 unspecified atom stereocenters. The van der Waals surface area contributed by atoms with E-state index >= 15 is 13.2 Å². The molecule has 0 aromatic heterocycles. The summed E-state index contributed by atoms with van der Waals surface area (Å²) in [6.07, 6.45) is 6.38. The average Bonchev–Trinajstić information content (AvgIpc) is 3.28. The molecule has 3 atom stereocenters. The summed E-state index contributed by atoms with van der Waals surface area (Å²) in [5.74, 6) is -9.39. The molecule has 1 heterocycles. The third kappa shape index (κ3) is 6.32. The van der Waals surface area contributed by atoms with Crippen LogP contribution in [0.25, 0.3) is 0 Å². The first kappa shape index (κ1) is 30.7. The summed E-state index contributed by atoms with van der Waals surface area (Å²) in [4.78, 5) is 28.9. The van der Waals surface area contributed by atoms with E-state index < -0.39 is 80.5 Å². The van der Waals surface area contributed by atoms with E-state index in [0.717, 1.165) is 32.1 Å². The zero-order valence-corrected chi connectivity index (χ0v) is 23.1. The van der Waals surface area contributed by atoms with Crippen LogP contribution in [0.15, 0.2) is 4.40 Å². The van der Waals surface area contributed by atoms with Gasteiger partial charge in [-0.15, -0.1) is 4.40 Å². The van der Waals surface area contributed by atoms with Crippen LogP contribution in [0, 0.1) is 23.4 Å². The molecule has 2 fully saturated rings. The van der Waals surface area contributed by atoms with Gasteiger partial charge in [0.15, 0.2) is 29.0 Å². The van der Waals surface area contributed by atoms with Gasteiger partial charge < -0.3 is 21.5 Å². The summed E-state index contributed by atoms with van der Waals surface area (Å²) >= 11 is 0. The number of carbonyl (C=O) groups excluding carboxylic acids is 2. The smallest absolute Gasteiger partial charge is 0.327 e. The molecule has 1 aliphatic heterocycles. The van der Waals surface area contributed by atoms with Crippen LogP contribution in [-0.4, -0.2) is 65.0 Å². The highest BCUT2D eigenvalue weighted by atomic mass is 32.2. The predicted octanol–water partition coefficient (Wildman–Crippen LogP) is 3.09. The number of amides is 3. The van der Waals surface area contributed by atoms with Gasteiger partial charge in [-0.2, -0.15) is 0 Å². The summed E-state index contributed by atoms with van der Waals surface area (Å²) < 4.78 is 72.1. The van der Waals surface area contributed by atoms with Gasteiger partial charge >= 0.3 is 6.03 Å². The van der Waals surface area contributed by atoms with Gasteiger partial charge in [0.25, 0.3) is 10.0 Å². The molecule has 14 heteroatoms. The van der Waals surface area contributed by atoms with Crippen molar-refractivity contribution in [2.45, 2.75) is 90.4 Å². The van der Waals surface area contributed by atoms with Crippen molar-refractivity contribution in [3.8, 4) is 5.75 Å². The van der Waals surface area contributed by atoms with Crippen LogP contribution in [0.3, 0.4) is 0 Å². The molecule has 0 spiro atoms. The molecule has 0 bridgehead atoms. The number of phenolic OH excluding ortho intramolecular Hbond substituents is 1. The highest BCUT2D eigenvalue weighted by molar-refractivity contribution is 7.90. The number of nitrogens with two attached hydrogens (primary N) is 2. The maximum atomic E-state index is 15.3. The molecular weight excluding hydrogens is 539 g/mol. The lowest BCUT2D eigenvalue weighted by atomic mass is 9.83. The maximum Gasteiger partial charge on any atom is 0.327 e. The third-order valence-electron chi connectivity index (χ3n) is 7.58. The number of imide groups is 1. The number of carbonyl (C=O) groups is 2. The molecule has 39 heavy (non-hydrogen) atoms. The molecule has 1 saturated carbocycles. The van der Waals surface area contributed by atoms with Crippen LogP contribution in [0.4, 0.5) is 18.0 Å². The lowest BCUT2D eigenvalue weighted by molar-refractivity contribution is -0.130. The van der Waals surface area contributed by atoms with Gasteiger partial charge in [-0.3, -0.25) is 9.69 Å². The number of likely N-dealkylation sites (tertiary alicyclic amines) is 1. The fraction of sp³-hybridized carbons (Fsp3) is 0.640. The fourth-order valence-electron chi connectivity index (χ4n) is 5.44. The van der Waals surface area contributed by atoms with E-state index in [9.17, 15) is 23.1 Å². The lowest BCUT2D eigenvalue weighted by Crippen LogP contribution is -2.54. The van der Waals surface area contributed by atoms with E-state index in [-0.39, 0.29) is 18.0 Å². The van der Waals surface area contributed by atoms with Crippen molar-refractivity contribution in [1.82, 2.24) is 9.80 Å². The quantitative estimate of drug-likeness (QED) is 0.256. The zero-order valence-electron chi connectivity index (χ0n) is 22.3. The van der Waals surface area contributed by atoms with Crippen LogP contribution in [0.5, 0.6) is 5.75 Å².